The van der Waals surface area contributed by atoms with E-state index >= 15 is 0 Å². The molecule has 8 heteroatoms. The first-order valence-corrected chi connectivity index (χ1v) is 12.5. The summed E-state index contributed by atoms with van der Waals surface area (Å²) in [5.74, 6) is 0.262. The van der Waals surface area contributed by atoms with E-state index in [0.29, 0.717) is 5.69 Å². The Balaban J connectivity index is 1.59. The van der Waals surface area contributed by atoms with Crippen LogP contribution in [0.2, 0.25) is 0 Å². The van der Waals surface area contributed by atoms with Crippen LogP contribution in [0.1, 0.15) is 29.5 Å². The van der Waals surface area contributed by atoms with Crippen LogP contribution in [0.4, 0.5) is 5.69 Å². The molecule has 1 aliphatic carbocycles. The van der Waals surface area contributed by atoms with E-state index in [1.807, 2.05) is 31.2 Å². The minimum absolute atomic E-state index is 0.116. The van der Waals surface area contributed by atoms with Gasteiger partial charge < -0.3 is 4.74 Å². The lowest BCUT2D eigenvalue weighted by molar-refractivity contribution is -0.119. The number of nitrogens with one attached hydrogen (secondary N) is 1. The van der Waals surface area contributed by atoms with Crippen molar-refractivity contribution < 1.29 is 17.9 Å². The van der Waals surface area contributed by atoms with Crippen LogP contribution >= 0.6 is 0 Å². The molecule has 0 saturated heterocycles. The van der Waals surface area contributed by atoms with Crippen LogP contribution in [0.15, 0.2) is 82.8 Å². The third-order valence-corrected chi connectivity index (χ3v) is 7.49. The molecule has 176 valence electrons. The Morgan fingerprint density at radius 1 is 1.03 bits per heavy atom. The Labute approximate surface area is 200 Å². The molecule has 3 aromatic carbocycles. The zero-order chi connectivity index (χ0) is 24.1. The SMILES string of the molecule is COc1ccc2c(c1)CCC/C2=N\NC(=O)CN(c1cccc(C)c1)S(=O)(=O)c1ccccc1. The summed E-state index contributed by atoms with van der Waals surface area (Å²) in [4.78, 5) is 13.0. The number of carbonyl (C=O) groups is 1. The van der Waals surface area contributed by atoms with E-state index in [-0.39, 0.29) is 4.90 Å². The molecule has 0 unspecified atom stereocenters. The Morgan fingerprint density at radius 2 is 1.82 bits per heavy atom. The lowest BCUT2D eigenvalue weighted by Gasteiger charge is -2.24. The zero-order valence-corrected chi connectivity index (χ0v) is 20.0. The fraction of sp³-hybridized carbons (Fsp3) is 0.231. The number of benzene rings is 3. The van der Waals surface area contributed by atoms with E-state index in [4.69, 9.17) is 4.74 Å². The molecule has 0 aliphatic heterocycles. The van der Waals surface area contributed by atoms with Crippen LogP contribution < -0.4 is 14.5 Å². The molecule has 0 spiro atoms. The molecule has 0 radical (unpaired) electrons. The fourth-order valence-electron chi connectivity index (χ4n) is 4.00. The summed E-state index contributed by atoms with van der Waals surface area (Å²) < 4.78 is 33.2. The summed E-state index contributed by atoms with van der Waals surface area (Å²) in [5.41, 5.74) is 6.74. The fourth-order valence-corrected chi connectivity index (χ4v) is 5.43. The van der Waals surface area contributed by atoms with Crippen LogP contribution in [-0.4, -0.2) is 33.7 Å². The maximum absolute atomic E-state index is 13.4. The molecule has 3 aromatic rings. The second kappa shape index (κ2) is 10.1. The van der Waals surface area contributed by atoms with Gasteiger partial charge in [0.2, 0.25) is 0 Å². The summed E-state index contributed by atoms with van der Waals surface area (Å²) in [6, 6.07) is 20.9. The maximum atomic E-state index is 13.4. The monoisotopic (exact) mass is 477 g/mol. The number of hydrazone groups is 1. The minimum atomic E-state index is -3.96. The second-order valence-electron chi connectivity index (χ2n) is 8.13. The predicted octanol–water partition coefficient (Wildman–Crippen LogP) is 4.06. The van der Waals surface area contributed by atoms with Gasteiger partial charge in [-0.15, -0.1) is 0 Å². The van der Waals surface area contributed by atoms with Crippen LogP contribution in [0, 0.1) is 6.92 Å². The van der Waals surface area contributed by atoms with Crippen LogP contribution in [0.25, 0.3) is 0 Å². The zero-order valence-electron chi connectivity index (χ0n) is 19.2. The number of fused-ring (bicyclic) bond motifs is 1. The number of nitrogens with zero attached hydrogens (tertiary/aromatic N) is 2. The Hall–Kier alpha value is -3.65. The van der Waals surface area contributed by atoms with Gasteiger partial charge in [-0.2, -0.15) is 5.10 Å². The van der Waals surface area contributed by atoms with Crippen molar-refractivity contribution in [1.82, 2.24) is 5.43 Å². The van der Waals surface area contributed by atoms with Crippen molar-refractivity contribution in [1.29, 1.82) is 0 Å². The molecule has 0 heterocycles. The number of aryl methyl sites for hydroxylation is 2. The molecule has 0 aromatic heterocycles. The number of hydrogen-bond acceptors (Lipinski definition) is 5. The molecule has 1 aliphatic rings. The van der Waals surface area contributed by atoms with Crippen molar-refractivity contribution in [2.24, 2.45) is 5.10 Å². The van der Waals surface area contributed by atoms with E-state index in [9.17, 15) is 13.2 Å². The van der Waals surface area contributed by atoms with E-state index in [1.165, 1.54) is 12.1 Å². The molecule has 0 atom stereocenters. The molecule has 0 saturated carbocycles. The van der Waals surface area contributed by atoms with Gasteiger partial charge in [0.1, 0.15) is 12.3 Å². The van der Waals surface area contributed by atoms with Gasteiger partial charge in [-0.05, 0) is 79.8 Å². The van der Waals surface area contributed by atoms with Gasteiger partial charge in [-0.1, -0.05) is 30.3 Å². The second-order valence-corrected chi connectivity index (χ2v) is 10.00. The van der Waals surface area contributed by atoms with Crippen molar-refractivity contribution in [2.45, 2.75) is 31.1 Å². The van der Waals surface area contributed by atoms with Gasteiger partial charge in [0.15, 0.2) is 0 Å². The highest BCUT2D eigenvalue weighted by Gasteiger charge is 2.27. The summed E-state index contributed by atoms with van der Waals surface area (Å²) in [6.07, 6.45) is 2.55. The van der Waals surface area contributed by atoms with E-state index in [2.05, 4.69) is 10.5 Å². The first-order chi connectivity index (χ1) is 16.4. The van der Waals surface area contributed by atoms with Crippen molar-refractivity contribution in [3.8, 4) is 5.75 Å². The quantitative estimate of drug-likeness (QED) is 0.520. The molecule has 34 heavy (non-hydrogen) atoms. The van der Waals surface area contributed by atoms with E-state index < -0.39 is 22.5 Å². The third kappa shape index (κ3) is 5.12. The number of ether oxygens (including phenoxy) is 1. The normalized spacial score (nSPS) is 14.4. The Morgan fingerprint density at radius 3 is 2.56 bits per heavy atom. The van der Waals surface area contributed by atoms with Crippen LogP contribution in [0.5, 0.6) is 5.75 Å². The van der Waals surface area contributed by atoms with Crippen LogP contribution in [-0.2, 0) is 21.2 Å². The average Bonchev–Trinajstić information content (AvgIpc) is 2.86. The summed E-state index contributed by atoms with van der Waals surface area (Å²) in [7, 11) is -2.33. The molecule has 0 fully saturated rings. The van der Waals surface area contributed by atoms with Gasteiger partial charge >= 0.3 is 0 Å². The first kappa shape index (κ1) is 23.5. The molecular formula is C26H27N3O4S. The topological polar surface area (TPSA) is 88.1 Å². The predicted molar refractivity (Wildman–Crippen MR) is 133 cm³/mol. The number of carbonyl (C=O) groups excluding carboxylic acids is 1. The first-order valence-electron chi connectivity index (χ1n) is 11.1. The Kier molecular flexibility index (Phi) is 6.98. The molecule has 1 amide bonds. The van der Waals surface area contributed by atoms with Crippen molar-refractivity contribution in [2.75, 3.05) is 18.0 Å². The molecule has 7 nitrogen and oxygen atoms in total. The lowest BCUT2D eigenvalue weighted by Crippen LogP contribution is -2.40. The summed E-state index contributed by atoms with van der Waals surface area (Å²) in [5, 5.41) is 4.35. The van der Waals surface area contributed by atoms with Gasteiger partial charge in [0.25, 0.3) is 15.9 Å². The Bertz CT molecular complexity index is 1320. The number of rotatable bonds is 7. The van der Waals surface area contributed by atoms with E-state index in [0.717, 1.165) is 51.7 Å². The molecule has 4 rings (SSSR count). The maximum Gasteiger partial charge on any atom is 0.264 e. The molecule has 1 N–H and O–H groups in total. The third-order valence-electron chi connectivity index (χ3n) is 5.71. The number of amides is 1. The van der Waals surface area contributed by atoms with Crippen LogP contribution in [0.3, 0.4) is 0 Å². The lowest BCUT2D eigenvalue weighted by atomic mass is 9.90. The van der Waals surface area contributed by atoms with Gasteiger partial charge in [0.05, 0.1) is 23.4 Å². The van der Waals surface area contributed by atoms with Gasteiger partial charge in [-0.25, -0.2) is 13.8 Å². The van der Waals surface area contributed by atoms with Crippen molar-refractivity contribution in [3.05, 3.63) is 89.5 Å². The highest BCUT2D eigenvalue weighted by Crippen LogP contribution is 2.26. The van der Waals surface area contributed by atoms with Gasteiger partial charge in [0, 0.05) is 5.56 Å². The highest BCUT2D eigenvalue weighted by atomic mass is 32.2. The highest BCUT2D eigenvalue weighted by molar-refractivity contribution is 7.92. The smallest absolute Gasteiger partial charge is 0.264 e. The van der Waals surface area contributed by atoms with E-state index in [1.54, 1.807) is 43.5 Å². The molecule has 0 bridgehead atoms. The van der Waals surface area contributed by atoms with Crippen molar-refractivity contribution >= 4 is 27.3 Å². The van der Waals surface area contributed by atoms with Gasteiger partial charge in [-0.3, -0.25) is 9.10 Å². The largest absolute Gasteiger partial charge is 0.497 e. The standard InChI is InChI=1S/C26H27N3O4S/c1-19-8-6-10-21(16-19)29(34(31,32)23-11-4-3-5-12-23)18-26(30)28-27-25-13-7-9-20-17-22(33-2)14-15-24(20)25/h3-6,8,10-12,14-17H,7,9,13,18H2,1-2H3,(H,28,30)/b27-25+. The number of sulfonamides is 1. The number of hydrogen-bond donors (Lipinski definition) is 1. The summed E-state index contributed by atoms with van der Waals surface area (Å²) in [6.45, 7) is 1.48. The summed E-state index contributed by atoms with van der Waals surface area (Å²) >= 11 is 0. The molecular weight excluding hydrogens is 450 g/mol. The minimum Gasteiger partial charge on any atom is -0.497 e. The number of anilines is 1. The average molecular weight is 478 g/mol. The number of methoxy groups -OCH3 is 1. The van der Waals surface area contributed by atoms with Crippen molar-refractivity contribution in [3.63, 3.8) is 0 Å².